The third-order valence-corrected chi connectivity index (χ3v) is 3.58. The first-order chi connectivity index (χ1) is 12.3. The predicted molar refractivity (Wildman–Crippen MR) is 98.0 cm³/mol. The molecule has 136 valence electrons. The average molecular weight is 378 g/mol. The number of rotatable bonds is 6. The zero-order valence-electron chi connectivity index (χ0n) is 14.0. The van der Waals surface area contributed by atoms with Gasteiger partial charge in [0.1, 0.15) is 0 Å². The molecule has 0 aliphatic rings. The Kier molecular flexibility index (Phi) is 6.13. The summed E-state index contributed by atoms with van der Waals surface area (Å²) in [6.07, 6.45) is 0. The summed E-state index contributed by atoms with van der Waals surface area (Å²) in [5, 5.41) is 16.6. The van der Waals surface area contributed by atoms with Gasteiger partial charge in [-0.2, -0.15) is 0 Å². The van der Waals surface area contributed by atoms with Crippen LogP contribution >= 0.6 is 11.6 Å². The van der Waals surface area contributed by atoms with Crippen molar-refractivity contribution < 1.29 is 19.2 Å². The second-order valence-corrected chi connectivity index (χ2v) is 5.61. The lowest BCUT2D eigenvalue weighted by Gasteiger charge is -2.11. The fourth-order valence-electron chi connectivity index (χ4n) is 2.18. The van der Waals surface area contributed by atoms with Gasteiger partial charge < -0.3 is 15.4 Å². The van der Waals surface area contributed by atoms with Gasteiger partial charge in [0.25, 0.3) is 5.91 Å². The monoisotopic (exact) mass is 377 g/mol. The zero-order valence-corrected chi connectivity index (χ0v) is 14.8. The van der Waals surface area contributed by atoms with E-state index in [0.717, 1.165) is 6.07 Å². The SMILES string of the molecule is CCOc1ccc(C(=O)Nc2cc(NC(C)=O)ccc2Cl)cc1[N+](=O)[O-]. The Morgan fingerprint density at radius 3 is 2.54 bits per heavy atom. The lowest BCUT2D eigenvalue weighted by Crippen LogP contribution is -2.13. The number of hydrogen-bond donors (Lipinski definition) is 2. The molecule has 0 spiro atoms. The van der Waals surface area contributed by atoms with Crippen molar-refractivity contribution in [1.82, 2.24) is 0 Å². The minimum absolute atomic E-state index is 0.0705. The molecule has 2 N–H and O–H groups in total. The first-order valence-electron chi connectivity index (χ1n) is 7.61. The van der Waals surface area contributed by atoms with Crippen LogP contribution < -0.4 is 15.4 Å². The van der Waals surface area contributed by atoms with E-state index in [1.54, 1.807) is 13.0 Å². The number of nitrogens with one attached hydrogen (secondary N) is 2. The minimum Gasteiger partial charge on any atom is -0.487 e. The number of carbonyl (C=O) groups is 2. The number of carbonyl (C=O) groups excluding carboxylic acids is 2. The summed E-state index contributed by atoms with van der Waals surface area (Å²) in [5.41, 5.74) is 0.480. The molecule has 0 radical (unpaired) electrons. The maximum atomic E-state index is 12.4. The Bertz CT molecular complexity index is 869. The highest BCUT2D eigenvalue weighted by atomic mass is 35.5. The van der Waals surface area contributed by atoms with Gasteiger partial charge in [0.05, 0.1) is 22.2 Å². The summed E-state index contributed by atoms with van der Waals surface area (Å²) in [6, 6.07) is 8.51. The highest BCUT2D eigenvalue weighted by molar-refractivity contribution is 6.34. The second-order valence-electron chi connectivity index (χ2n) is 5.20. The van der Waals surface area contributed by atoms with E-state index in [9.17, 15) is 19.7 Å². The van der Waals surface area contributed by atoms with Gasteiger partial charge in [-0.25, -0.2) is 0 Å². The third kappa shape index (κ3) is 4.70. The van der Waals surface area contributed by atoms with Crippen LogP contribution in [0.25, 0.3) is 0 Å². The predicted octanol–water partition coefficient (Wildman–Crippen LogP) is 3.86. The number of nitro groups is 1. The molecule has 0 saturated heterocycles. The lowest BCUT2D eigenvalue weighted by atomic mass is 10.1. The molecule has 9 heteroatoms. The first kappa shape index (κ1) is 19.2. The van der Waals surface area contributed by atoms with Crippen LogP contribution in [0.15, 0.2) is 36.4 Å². The molecule has 0 aliphatic carbocycles. The molecule has 0 atom stereocenters. The van der Waals surface area contributed by atoms with Crippen molar-refractivity contribution in [3.05, 3.63) is 57.1 Å². The van der Waals surface area contributed by atoms with Crippen LogP contribution in [0.5, 0.6) is 5.75 Å². The molecule has 2 amide bonds. The van der Waals surface area contributed by atoms with Crippen molar-refractivity contribution in [2.75, 3.05) is 17.2 Å². The summed E-state index contributed by atoms with van der Waals surface area (Å²) in [7, 11) is 0. The van der Waals surface area contributed by atoms with Gasteiger partial charge in [-0.1, -0.05) is 11.6 Å². The molecule has 0 fully saturated rings. The molecule has 0 aromatic heterocycles. The number of hydrogen-bond acceptors (Lipinski definition) is 5. The van der Waals surface area contributed by atoms with Gasteiger partial charge in [-0.15, -0.1) is 0 Å². The molecule has 0 heterocycles. The van der Waals surface area contributed by atoms with Crippen LogP contribution in [0.1, 0.15) is 24.2 Å². The number of nitrogens with zero attached hydrogens (tertiary/aromatic N) is 1. The van der Waals surface area contributed by atoms with Crippen molar-refractivity contribution >= 4 is 40.5 Å². The normalized spacial score (nSPS) is 10.1. The summed E-state index contributed by atoms with van der Waals surface area (Å²) in [6.45, 7) is 3.32. The fraction of sp³-hybridized carbons (Fsp3) is 0.176. The average Bonchev–Trinajstić information content (AvgIpc) is 2.57. The molecular formula is C17H16ClN3O5. The fourth-order valence-corrected chi connectivity index (χ4v) is 2.34. The summed E-state index contributed by atoms with van der Waals surface area (Å²) >= 11 is 6.06. The number of anilines is 2. The molecule has 2 aromatic carbocycles. The highest BCUT2D eigenvalue weighted by Gasteiger charge is 2.19. The number of benzene rings is 2. The Labute approximate surface area is 154 Å². The van der Waals surface area contributed by atoms with Crippen molar-refractivity contribution in [3.63, 3.8) is 0 Å². The molecule has 0 bridgehead atoms. The molecule has 2 aromatic rings. The van der Waals surface area contributed by atoms with Gasteiger partial charge in [0.2, 0.25) is 5.91 Å². The van der Waals surface area contributed by atoms with E-state index in [2.05, 4.69) is 10.6 Å². The Hall–Kier alpha value is -3.13. The molecule has 0 saturated carbocycles. The van der Waals surface area contributed by atoms with Crippen molar-refractivity contribution in [2.24, 2.45) is 0 Å². The minimum atomic E-state index is -0.619. The van der Waals surface area contributed by atoms with E-state index >= 15 is 0 Å². The molecule has 0 aliphatic heterocycles. The van der Waals surface area contributed by atoms with Crippen molar-refractivity contribution in [3.8, 4) is 5.75 Å². The summed E-state index contributed by atoms with van der Waals surface area (Å²) in [4.78, 5) is 34.1. The summed E-state index contributed by atoms with van der Waals surface area (Å²) in [5.74, 6) is -0.774. The van der Waals surface area contributed by atoms with Crippen LogP contribution in [0.3, 0.4) is 0 Å². The summed E-state index contributed by atoms with van der Waals surface area (Å²) < 4.78 is 5.19. The van der Waals surface area contributed by atoms with E-state index < -0.39 is 10.8 Å². The molecule has 26 heavy (non-hydrogen) atoms. The number of amides is 2. The van der Waals surface area contributed by atoms with E-state index in [4.69, 9.17) is 16.3 Å². The zero-order chi connectivity index (χ0) is 19.3. The van der Waals surface area contributed by atoms with Crippen molar-refractivity contribution in [1.29, 1.82) is 0 Å². The maximum absolute atomic E-state index is 12.4. The number of halogens is 1. The van der Waals surface area contributed by atoms with Crippen LogP contribution in [-0.2, 0) is 4.79 Å². The van der Waals surface area contributed by atoms with Gasteiger partial charge >= 0.3 is 5.69 Å². The van der Waals surface area contributed by atoms with E-state index in [0.29, 0.717) is 5.69 Å². The van der Waals surface area contributed by atoms with Gasteiger partial charge in [0.15, 0.2) is 5.75 Å². The Morgan fingerprint density at radius 2 is 1.92 bits per heavy atom. The van der Waals surface area contributed by atoms with Crippen LogP contribution in [0.2, 0.25) is 5.02 Å². The van der Waals surface area contributed by atoms with Gasteiger partial charge in [-0.3, -0.25) is 19.7 Å². The molecule has 2 rings (SSSR count). The second kappa shape index (κ2) is 8.30. The number of nitro benzene ring substituents is 1. The van der Waals surface area contributed by atoms with E-state index in [-0.39, 0.29) is 40.2 Å². The quantitative estimate of drug-likeness (QED) is 0.586. The number of ether oxygens (including phenoxy) is 1. The molecule has 0 unspecified atom stereocenters. The largest absolute Gasteiger partial charge is 0.487 e. The van der Waals surface area contributed by atoms with E-state index in [1.807, 2.05) is 0 Å². The lowest BCUT2D eigenvalue weighted by molar-refractivity contribution is -0.385. The van der Waals surface area contributed by atoms with Crippen molar-refractivity contribution in [2.45, 2.75) is 13.8 Å². The van der Waals surface area contributed by atoms with Gasteiger partial charge in [-0.05, 0) is 37.3 Å². The third-order valence-electron chi connectivity index (χ3n) is 3.25. The topological polar surface area (TPSA) is 111 Å². The van der Waals surface area contributed by atoms with Crippen LogP contribution in [0, 0.1) is 10.1 Å². The van der Waals surface area contributed by atoms with Crippen LogP contribution in [-0.4, -0.2) is 23.3 Å². The van der Waals surface area contributed by atoms with Crippen LogP contribution in [0.4, 0.5) is 17.1 Å². The standard InChI is InChI=1S/C17H16ClN3O5/c1-3-26-16-7-4-11(8-15(16)21(24)25)17(23)20-14-9-12(19-10(2)22)5-6-13(14)18/h4-9H,3H2,1-2H3,(H,19,22)(H,20,23). The Balaban J connectivity index is 2.28. The molecular weight excluding hydrogens is 362 g/mol. The Morgan fingerprint density at radius 1 is 1.19 bits per heavy atom. The van der Waals surface area contributed by atoms with Gasteiger partial charge in [0, 0.05) is 24.2 Å². The highest BCUT2D eigenvalue weighted by Crippen LogP contribution is 2.30. The maximum Gasteiger partial charge on any atom is 0.311 e. The molecule has 8 nitrogen and oxygen atoms in total. The first-order valence-corrected chi connectivity index (χ1v) is 7.99. The van der Waals surface area contributed by atoms with E-state index in [1.165, 1.54) is 31.2 Å². The smallest absolute Gasteiger partial charge is 0.311 e.